The minimum absolute atomic E-state index is 0.0592. The molecule has 11 heteroatoms. The number of rotatable bonds is 7. The molecular formula is C30H24ClN3O4S3. The Morgan fingerprint density at radius 1 is 1.05 bits per heavy atom. The molecule has 6 rings (SSSR count). The van der Waals surface area contributed by atoms with Crippen molar-refractivity contribution in [2.75, 3.05) is 11.5 Å². The smallest absolute Gasteiger partial charge is 0.266 e. The van der Waals surface area contributed by atoms with E-state index in [0.717, 1.165) is 22.4 Å². The van der Waals surface area contributed by atoms with Gasteiger partial charge in [-0.2, -0.15) is 5.10 Å². The third-order valence-corrected chi connectivity index (χ3v) is 10.2. The van der Waals surface area contributed by atoms with Crippen LogP contribution in [0.15, 0.2) is 90.0 Å². The molecule has 208 valence electrons. The molecule has 3 aromatic carbocycles. The summed E-state index contributed by atoms with van der Waals surface area (Å²) in [7, 11) is -3.16. The van der Waals surface area contributed by atoms with Crippen LogP contribution in [0.3, 0.4) is 0 Å². The van der Waals surface area contributed by atoms with Crippen LogP contribution < -0.4 is 4.74 Å². The van der Waals surface area contributed by atoms with E-state index >= 15 is 0 Å². The molecule has 2 aliphatic rings. The highest BCUT2D eigenvalue weighted by molar-refractivity contribution is 8.26. The maximum absolute atomic E-state index is 13.4. The number of thiocarbonyl (C=S) groups is 1. The molecule has 0 aliphatic carbocycles. The van der Waals surface area contributed by atoms with Gasteiger partial charge in [-0.05, 0) is 66.6 Å². The summed E-state index contributed by atoms with van der Waals surface area (Å²) >= 11 is 12.7. The summed E-state index contributed by atoms with van der Waals surface area (Å²) in [4.78, 5) is 15.3. The van der Waals surface area contributed by atoms with Crippen molar-refractivity contribution < 1.29 is 17.9 Å². The number of benzene rings is 3. The van der Waals surface area contributed by atoms with Crippen LogP contribution in [-0.4, -0.2) is 50.9 Å². The molecule has 41 heavy (non-hydrogen) atoms. The fraction of sp³-hybridized carbons (Fsp3) is 0.167. The molecule has 1 atom stereocenters. The molecule has 0 radical (unpaired) electrons. The Kier molecular flexibility index (Phi) is 7.74. The van der Waals surface area contributed by atoms with E-state index in [4.69, 9.17) is 33.7 Å². The summed E-state index contributed by atoms with van der Waals surface area (Å²) in [6.45, 7) is 0.411. The van der Waals surface area contributed by atoms with Gasteiger partial charge in [-0.15, -0.1) is 0 Å². The number of halogens is 1. The van der Waals surface area contributed by atoms with Crippen molar-refractivity contribution in [3.63, 3.8) is 0 Å². The van der Waals surface area contributed by atoms with Gasteiger partial charge in [0.05, 0.1) is 33.8 Å². The summed E-state index contributed by atoms with van der Waals surface area (Å²) in [6.07, 6.45) is 4.06. The SMILES string of the molecule is O=C1/C(=C/c2cn(-c3ccccc3)nc2-c2ccc(OCc3ccc(Cl)cc3)cc2)SC(=S)N1[C@@H]1CCS(=O)(=O)C1. The molecule has 0 bridgehead atoms. The monoisotopic (exact) mass is 621 g/mol. The summed E-state index contributed by atoms with van der Waals surface area (Å²) in [5, 5.41) is 5.53. The van der Waals surface area contributed by atoms with E-state index < -0.39 is 15.9 Å². The lowest BCUT2D eigenvalue weighted by Gasteiger charge is -2.20. The number of thioether (sulfide) groups is 1. The lowest BCUT2D eigenvalue weighted by molar-refractivity contribution is -0.123. The highest BCUT2D eigenvalue weighted by atomic mass is 35.5. The number of aromatic nitrogens is 2. The minimum atomic E-state index is -3.16. The second-order valence-electron chi connectivity index (χ2n) is 9.76. The lowest BCUT2D eigenvalue weighted by Crippen LogP contribution is -2.39. The maximum Gasteiger partial charge on any atom is 0.266 e. The van der Waals surface area contributed by atoms with Crippen LogP contribution in [0.5, 0.6) is 5.75 Å². The molecule has 2 saturated heterocycles. The zero-order valence-corrected chi connectivity index (χ0v) is 24.8. The average molecular weight is 622 g/mol. The predicted octanol–water partition coefficient (Wildman–Crippen LogP) is 6.16. The Bertz CT molecular complexity index is 1750. The van der Waals surface area contributed by atoms with Crippen LogP contribution in [0.4, 0.5) is 0 Å². The quantitative estimate of drug-likeness (QED) is 0.181. The van der Waals surface area contributed by atoms with E-state index in [1.807, 2.05) is 85.1 Å². The first-order valence-corrected chi connectivity index (χ1v) is 16.3. The largest absolute Gasteiger partial charge is 0.489 e. The van der Waals surface area contributed by atoms with Gasteiger partial charge in [0.15, 0.2) is 9.84 Å². The summed E-state index contributed by atoms with van der Waals surface area (Å²) in [5.74, 6) is 0.448. The first-order chi connectivity index (χ1) is 19.8. The number of amides is 1. The number of carbonyl (C=O) groups excluding carboxylic acids is 1. The highest BCUT2D eigenvalue weighted by Crippen LogP contribution is 2.38. The fourth-order valence-corrected chi connectivity index (χ4v) is 8.02. The van der Waals surface area contributed by atoms with Crippen molar-refractivity contribution in [1.29, 1.82) is 0 Å². The number of nitrogens with zero attached hydrogens (tertiary/aromatic N) is 3. The topological polar surface area (TPSA) is 81.5 Å². The number of carbonyl (C=O) groups is 1. The van der Waals surface area contributed by atoms with Crippen molar-refractivity contribution >= 4 is 61.7 Å². The van der Waals surface area contributed by atoms with Crippen LogP contribution in [-0.2, 0) is 21.2 Å². The Balaban J connectivity index is 1.29. The lowest BCUT2D eigenvalue weighted by atomic mass is 10.1. The molecule has 7 nitrogen and oxygen atoms in total. The van der Waals surface area contributed by atoms with E-state index in [9.17, 15) is 13.2 Å². The van der Waals surface area contributed by atoms with Crippen molar-refractivity contribution in [3.8, 4) is 22.7 Å². The van der Waals surface area contributed by atoms with E-state index in [2.05, 4.69) is 0 Å². The molecule has 1 aromatic heterocycles. The van der Waals surface area contributed by atoms with Crippen molar-refractivity contribution in [2.24, 2.45) is 0 Å². The van der Waals surface area contributed by atoms with E-state index in [-0.39, 0.29) is 17.4 Å². The van der Waals surface area contributed by atoms with Crippen molar-refractivity contribution in [2.45, 2.75) is 19.1 Å². The van der Waals surface area contributed by atoms with Crippen LogP contribution >= 0.6 is 35.6 Å². The zero-order valence-electron chi connectivity index (χ0n) is 21.6. The number of para-hydroxylation sites is 1. The van der Waals surface area contributed by atoms with Gasteiger partial charge in [-0.3, -0.25) is 9.69 Å². The molecule has 0 N–H and O–H groups in total. The predicted molar refractivity (Wildman–Crippen MR) is 167 cm³/mol. The summed E-state index contributed by atoms with van der Waals surface area (Å²) in [6, 6.07) is 24.4. The molecule has 0 unspecified atom stereocenters. The summed E-state index contributed by atoms with van der Waals surface area (Å²) in [5.41, 5.74) is 4.16. The normalized spacial score (nSPS) is 19.3. The van der Waals surface area contributed by atoms with E-state index in [1.165, 1.54) is 16.7 Å². The van der Waals surface area contributed by atoms with Gasteiger partial charge in [0, 0.05) is 22.3 Å². The second-order valence-corrected chi connectivity index (χ2v) is 14.1. The first-order valence-electron chi connectivity index (χ1n) is 12.9. The third kappa shape index (κ3) is 6.11. The minimum Gasteiger partial charge on any atom is -0.489 e. The number of hydrogen-bond acceptors (Lipinski definition) is 7. The van der Waals surface area contributed by atoms with Gasteiger partial charge in [-0.25, -0.2) is 13.1 Å². The number of ether oxygens (including phenoxy) is 1. The third-order valence-electron chi connectivity index (χ3n) is 6.89. The molecule has 0 spiro atoms. The van der Waals surface area contributed by atoms with Gasteiger partial charge in [0.25, 0.3) is 5.91 Å². The Morgan fingerprint density at radius 3 is 2.46 bits per heavy atom. The molecule has 2 fully saturated rings. The zero-order chi connectivity index (χ0) is 28.6. The first kappa shape index (κ1) is 27.7. The molecule has 4 aromatic rings. The molecule has 0 saturated carbocycles. The Labute approximate surface area is 252 Å². The molecule has 2 aliphatic heterocycles. The van der Waals surface area contributed by atoms with E-state index in [1.54, 1.807) is 10.8 Å². The molecule has 3 heterocycles. The van der Waals surface area contributed by atoms with Crippen LogP contribution in [0.25, 0.3) is 23.0 Å². The van der Waals surface area contributed by atoms with Crippen LogP contribution in [0.2, 0.25) is 5.02 Å². The second kappa shape index (κ2) is 11.4. The molecule has 1 amide bonds. The number of hydrogen-bond donors (Lipinski definition) is 0. The van der Waals surface area contributed by atoms with Gasteiger partial charge < -0.3 is 4.74 Å². The highest BCUT2D eigenvalue weighted by Gasteiger charge is 2.42. The standard InChI is InChI=1S/C30H24ClN3O4S3/c31-23-10-6-20(7-11-23)18-38-26-12-8-21(9-13-26)28-22(17-33(32-28)24-4-2-1-3-5-24)16-27-29(35)34(30(39)40-27)25-14-15-41(36,37)19-25/h1-13,16-17,25H,14-15,18-19H2/b27-16-/t25-/m1/s1. The Morgan fingerprint density at radius 2 is 1.78 bits per heavy atom. The van der Waals surface area contributed by atoms with Crippen molar-refractivity contribution in [1.82, 2.24) is 14.7 Å². The molecular weight excluding hydrogens is 598 g/mol. The number of sulfone groups is 1. The van der Waals surface area contributed by atoms with Crippen LogP contribution in [0, 0.1) is 0 Å². The van der Waals surface area contributed by atoms with E-state index in [0.29, 0.717) is 38.7 Å². The maximum atomic E-state index is 13.4. The van der Waals surface area contributed by atoms with Crippen LogP contribution in [0.1, 0.15) is 17.5 Å². The van der Waals surface area contributed by atoms with Crippen molar-refractivity contribution in [3.05, 3.63) is 106 Å². The van der Waals surface area contributed by atoms with Gasteiger partial charge in [-0.1, -0.05) is 65.9 Å². The van der Waals surface area contributed by atoms with Gasteiger partial charge in [0.2, 0.25) is 0 Å². The average Bonchev–Trinajstić information content (AvgIpc) is 3.63. The Hall–Kier alpha value is -3.44. The summed E-state index contributed by atoms with van der Waals surface area (Å²) < 4.78 is 32.2. The van der Waals surface area contributed by atoms with Gasteiger partial charge in [0.1, 0.15) is 16.7 Å². The van der Waals surface area contributed by atoms with Gasteiger partial charge >= 0.3 is 0 Å². The fourth-order valence-electron chi connectivity index (χ4n) is 4.80.